The second-order valence-electron chi connectivity index (χ2n) is 6.28. The minimum atomic E-state index is -3.27. The van der Waals surface area contributed by atoms with Crippen molar-refractivity contribution in [3.63, 3.8) is 0 Å². The highest BCUT2D eigenvalue weighted by molar-refractivity contribution is 7.88. The van der Waals surface area contributed by atoms with E-state index < -0.39 is 10.0 Å². The fourth-order valence-electron chi connectivity index (χ4n) is 2.97. The molecule has 1 fully saturated rings. The van der Waals surface area contributed by atoms with Gasteiger partial charge >= 0.3 is 0 Å². The highest BCUT2D eigenvalue weighted by atomic mass is 32.2. The number of hydrogen-bond acceptors (Lipinski definition) is 5. The van der Waals surface area contributed by atoms with Gasteiger partial charge in [-0.2, -0.15) is 0 Å². The molecule has 1 aromatic heterocycles. The van der Waals surface area contributed by atoms with E-state index in [0.29, 0.717) is 42.2 Å². The van der Waals surface area contributed by atoms with Crippen LogP contribution in [-0.4, -0.2) is 61.9 Å². The molecule has 0 spiro atoms. The lowest BCUT2D eigenvalue weighted by atomic mass is 10.1. The van der Waals surface area contributed by atoms with Crippen molar-refractivity contribution in [1.82, 2.24) is 9.21 Å². The summed E-state index contributed by atoms with van der Waals surface area (Å²) < 4.78 is 24.9. The molecule has 1 N–H and O–H groups in total. The Balaban J connectivity index is 1.76. The molecule has 9 heteroatoms. The van der Waals surface area contributed by atoms with Gasteiger partial charge in [-0.05, 0) is 30.0 Å². The molecule has 7 nitrogen and oxygen atoms in total. The van der Waals surface area contributed by atoms with E-state index in [1.807, 2.05) is 5.38 Å². The minimum absolute atomic E-state index is 0.215. The Kier molecular flexibility index (Phi) is 5.93. The highest BCUT2D eigenvalue weighted by Crippen LogP contribution is 2.20. The zero-order valence-corrected chi connectivity index (χ0v) is 16.6. The number of thiophene rings is 1. The quantitative estimate of drug-likeness (QED) is 0.841. The van der Waals surface area contributed by atoms with Gasteiger partial charge < -0.3 is 10.2 Å². The first kappa shape index (κ1) is 19.5. The Hall–Kier alpha value is -2.23. The van der Waals surface area contributed by atoms with Crippen LogP contribution in [0.3, 0.4) is 0 Å². The topological polar surface area (TPSA) is 86.8 Å². The van der Waals surface area contributed by atoms with Crippen molar-refractivity contribution in [2.75, 3.05) is 37.8 Å². The summed E-state index contributed by atoms with van der Waals surface area (Å²) in [5.41, 5.74) is 0.848. The van der Waals surface area contributed by atoms with Crippen LogP contribution in [0.25, 0.3) is 0 Å². The second kappa shape index (κ2) is 8.20. The molecule has 0 atom stereocenters. The van der Waals surface area contributed by atoms with Crippen LogP contribution < -0.4 is 5.32 Å². The van der Waals surface area contributed by atoms with Crippen molar-refractivity contribution in [3.8, 4) is 0 Å². The Morgan fingerprint density at radius 3 is 2.52 bits per heavy atom. The first-order chi connectivity index (χ1) is 12.9. The molecule has 1 aliphatic rings. The minimum Gasteiger partial charge on any atom is -0.337 e. The molecule has 27 heavy (non-hydrogen) atoms. The summed E-state index contributed by atoms with van der Waals surface area (Å²) >= 11 is 1.33. The number of rotatable bonds is 4. The van der Waals surface area contributed by atoms with E-state index in [-0.39, 0.29) is 18.4 Å². The van der Waals surface area contributed by atoms with Gasteiger partial charge in [-0.25, -0.2) is 12.7 Å². The molecular weight excluding hydrogens is 386 g/mol. The first-order valence-electron chi connectivity index (χ1n) is 8.54. The van der Waals surface area contributed by atoms with Crippen LogP contribution in [-0.2, 0) is 10.0 Å². The molecule has 1 aromatic carbocycles. The van der Waals surface area contributed by atoms with E-state index in [1.54, 1.807) is 41.3 Å². The molecule has 0 aliphatic carbocycles. The van der Waals surface area contributed by atoms with Crippen molar-refractivity contribution in [2.45, 2.75) is 6.42 Å². The average molecular weight is 408 g/mol. The Bertz CT molecular complexity index is 926. The number of benzene rings is 1. The molecular formula is C18H21N3O4S2. The third-order valence-electron chi connectivity index (χ3n) is 4.36. The van der Waals surface area contributed by atoms with Crippen LogP contribution in [0.5, 0.6) is 0 Å². The monoisotopic (exact) mass is 407 g/mol. The summed E-state index contributed by atoms with van der Waals surface area (Å²) in [6.07, 6.45) is 1.75. The summed E-state index contributed by atoms with van der Waals surface area (Å²) in [6.45, 7) is 1.46. The van der Waals surface area contributed by atoms with Gasteiger partial charge in [-0.15, -0.1) is 11.3 Å². The van der Waals surface area contributed by atoms with E-state index >= 15 is 0 Å². The van der Waals surface area contributed by atoms with Crippen molar-refractivity contribution in [2.24, 2.45) is 0 Å². The molecule has 3 rings (SSSR count). The summed E-state index contributed by atoms with van der Waals surface area (Å²) in [7, 11) is -3.27. The average Bonchev–Trinajstić information content (AvgIpc) is 3.05. The maximum Gasteiger partial charge on any atom is 0.265 e. The summed E-state index contributed by atoms with van der Waals surface area (Å²) in [5.74, 6) is -0.475. The van der Waals surface area contributed by atoms with Crippen LogP contribution in [0.2, 0.25) is 0 Å². The number of para-hydroxylation sites is 1. The molecule has 0 bridgehead atoms. The van der Waals surface area contributed by atoms with Gasteiger partial charge in [-0.1, -0.05) is 18.2 Å². The number of hydrogen-bond donors (Lipinski definition) is 1. The number of amides is 2. The molecule has 2 heterocycles. The normalized spacial score (nSPS) is 16.0. The fourth-order valence-corrected chi connectivity index (χ4v) is 4.46. The molecule has 1 saturated heterocycles. The molecule has 144 valence electrons. The lowest BCUT2D eigenvalue weighted by Crippen LogP contribution is -2.37. The predicted molar refractivity (Wildman–Crippen MR) is 106 cm³/mol. The molecule has 2 amide bonds. The lowest BCUT2D eigenvalue weighted by Gasteiger charge is -2.22. The maximum absolute atomic E-state index is 13.0. The third kappa shape index (κ3) is 4.74. The van der Waals surface area contributed by atoms with E-state index in [0.717, 1.165) is 0 Å². The summed E-state index contributed by atoms with van der Waals surface area (Å²) in [5, 5.41) is 4.62. The molecule has 2 aromatic rings. The van der Waals surface area contributed by atoms with Gasteiger partial charge in [-0.3, -0.25) is 9.59 Å². The van der Waals surface area contributed by atoms with Crippen LogP contribution in [0.1, 0.15) is 26.5 Å². The zero-order chi connectivity index (χ0) is 19.4. The Labute approximate surface area is 162 Å². The van der Waals surface area contributed by atoms with Crippen LogP contribution in [0.4, 0.5) is 5.69 Å². The van der Waals surface area contributed by atoms with Crippen LogP contribution >= 0.6 is 11.3 Å². The van der Waals surface area contributed by atoms with E-state index in [9.17, 15) is 18.0 Å². The Morgan fingerprint density at radius 1 is 1.04 bits per heavy atom. The number of sulfonamides is 1. The van der Waals surface area contributed by atoms with Crippen molar-refractivity contribution in [3.05, 3.63) is 52.2 Å². The standard InChI is InChI=1S/C18H21N3O4S2/c1-27(24,25)21-10-5-9-20(11-12-21)18(23)14-6-2-3-7-15(14)19-17(22)16-8-4-13-26-16/h2-4,6-8,13H,5,9-12H2,1H3,(H,19,22). The summed E-state index contributed by atoms with van der Waals surface area (Å²) in [6, 6.07) is 10.4. The summed E-state index contributed by atoms with van der Waals surface area (Å²) in [4.78, 5) is 27.5. The predicted octanol–water partition coefficient (Wildman–Crippen LogP) is 2.11. The number of anilines is 1. The smallest absolute Gasteiger partial charge is 0.265 e. The molecule has 0 radical (unpaired) electrons. The van der Waals surface area contributed by atoms with Crippen molar-refractivity contribution < 1.29 is 18.0 Å². The van der Waals surface area contributed by atoms with Gasteiger partial charge in [0.05, 0.1) is 22.4 Å². The maximum atomic E-state index is 13.0. The first-order valence-corrected chi connectivity index (χ1v) is 11.3. The second-order valence-corrected chi connectivity index (χ2v) is 9.21. The number of carbonyl (C=O) groups excluding carboxylic acids is 2. The highest BCUT2D eigenvalue weighted by Gasteiger charge is 2.26. The van der Waals surface area contributed by atoms with Crippen molar-refractivity contribution >= 4 is 38.9 Å². The SMILES string of the molecule is CS(=O)(=O)N1CCCN(C(=O)c2ccccc2NC(=O)c2cccs2)CC1. The lowest BCUT2D eigenvalue weighted by molar-refractivity contribution is 0.0765. The van der Waals surface area contributed by atoms with E-state index in [4.69, 9.17) is 0 Å². The van der Waals surface area contributed by atoms with Gasteiger partial charge in [0.2, 0.25) is 10.0 Å². The molecule has 0 unspecified atom stereocenters. The number of nitrogens with zero attached hydrogens (tertiary/aromatic N) is 2. The molecule has 1 aliphatic heterocycles. The van der Waals surface area contributed by atoms with Crippen molar-refractivity contribution in [1.29, 1.82) is 0 Å². The number of nitrogens with one attached hydrogen (secondary N) is 1. The van der Waals surface area contributed by atoms with E-state index in [2.05, 4.69) is 5.32 Å². The zero-order valence-electron chi connectivity index (χ0n) is 14.9. The third-order valence-corrected chi connectivity index (χ3v) is 6.53. The van der Waals surface area contributed by atoms with Gasteiger partial charge in [0.15, 0.2) is 0 Å². The van der Waals surface area contributed by atoms with Gasteiger partial charge in [0.1, 0.15) is 0 Å². The largest absolute Gasteiger partial charge is 0.337 e. The van der Waals surface area contributed by atoms with Gasteiger partial charge in [0, 0.05) is 26.2 Å². The van der Waals surface area contributed by atoms with E-state index in [1.165, 1.54) is 21.9 Å². The number of carbonyl (C=O) groups is 2. The Morgan fingerprint density at radius 2 is 1.81 bits per heavy atom. The van der Waals surface area contributed by atoms with Gasteiger partial charge in [0.25, 0.3) is 11.8 Å². The van der Waals surface area contributed by atoms with Crippen LogP contribution in [0, 0.1) is 0 Å². The molecule has 0 saturated carbocycles. The van der Waals surface area contributed by atoms with Crippen LogP contribution in [0.15, 0.2) is 41.8 Å². The fraction of sp³-hybridized carbons (Fsp3) is 0.333.